The van der Waals surface area contributed by atoms with Crippen LogP contribution in [0.4, 0.5) is 0 Å². The van der Waals surface area contributed by atoms with Crippen LogP contribution in [0.15, 0.2) is 40.8 Å². The fraction of sp³-hybridized carbons (Fsp3) is 0.519. The highest BCUT2D eigenvalue weighted by Crippen LogP contribution is 2.62. The molecular weight excluding hydrogens is 468 g/mol. The summed E-state index contributed by atoms with van der Waals surface area (Å²) in [6.07, 6.45) is 5.15. The van der Waals surface area contributed by atoms with Crippen molar-refractivity contribution in [3.8, 4) is 11.3 Å². The monoisotopic (exact) mass is 498 g/mol. The zero-order chi connectivity index (χ0) is 24.8. The van der Waals surface area contributed by atoms with E-state index in [-0.39, 0.29) is 36.5 Å². The van der Waals surface area contributed by atoms with Gasteiger partial charge in [0.1, 0.15) is 11.5 Å². The van der Waals surface area contributed by atoms with Gasteiger partial charge in [0.05, 0.1) is 12.0 Å². The van der Waals surface area contributed by atoms with Gasteiger partial charge in [-0.2, -0.15) is 0 Å². The second-order valence-electron chi connectivity index (χ2n) is 10.8. The molecular formula is C27H31ClN2O5. The van der Waals surface area contributed by atoms with Gasteiger partial charge in [-0.1, -0.05) is 11.6 Å². The molecule has 2 atom stereocenters. The van der Waals surface area contributed by atoms with Crippen LogP contribution in [0, 0.1) is 17.3 Å². The van der Waals surface area contributed by atoms with Gasteiger partial charge in [0, 0.05) is 30.1 Å². The standard InChI is InChI=1S/C27H31ClN2O5/c1-17(31)29-27-12-18-9-19(13-27)11-26(10-18,16-27)25(33)34-15-24(32)30(2)14-22-7-8-23(35-22)20-3-5-21(28)6-4-20/h3-8,18-19H,9-16H2,1-2H3,(H,29,31). The third kappa shape index (κ3) is 4.83. The minimum Gasteiger partial charge on any atom is -0.459 e. The number of halogens is 1. The maximum absolute atomic E-state index is 13.3. The molecule has 0 aliphatic heterocycles. The van der Waals surface area contributed by atoms with Crippen LogP contribution in [0.3, 0.4) is 0 Å². The van der Waals surface area contributed by atoms with Gasteiger partial charge in [-0.05, 0) is 86.8 Å². The first kappa shape index (κ1) is 23.9. The average molecular weight is 499 g/mol. The van der Waals surface area contributed by atoms with E-state index in [1.165, 1.54) is 11.8 Å². The SMILES string of the molecule is CC(=O)NC12CC3CC(C1)CC(C(=O)OCC(=O)N(C)Cc1ccc(-c4ccc(Cl)cc4)o1)(C3)C2. The molecule has 0 saturated heterocycles. The molecule has 6 rings (SSSR count). The Bertz CT molecular complexity index is 1130. The number of benzene rings is 1. The van der Waals surface area contributed by atoms with Gasteiger partial charge in [-0.15, -0.1) is 0 Å². The van der Waals surface area contributed by atoms with Gasteiger partial charge in [-0.25, -0.2) is 0 Å². The maximum Gasteiger partial charge on any atom is 0.312 e. The summed E-state index contributed by atoms with van der Waals surface area (Å²) in [5.41, 5.74) is -0.00683. The molecule has 2 aromatic rings. The zero-order valence-corrected chi connectivity index (χ0v) is 20.9. The van der Waals surface area contributed by atoms with Gasteiger partial charge in [0.15, 0.2) is 6.61 Å². The van der Waals surface area contributed by atoms with E-state index in [0.717, 1.165) is 37.7 Å². The minimum atomic E-state index is -0.597. The molecule has 2 unspecified atom stereocenters. The number of amides is 2. The molecule has 2 amide bonds. The Labute approximate surface area is 210 Å². The molecule has 4 bridgehead atoms. The predicted octanol–water partition coefficient (Wildman–Crippen LogP) is 4.58. The number of carbonyl (C=O) groups excluding carboxylic acids is 3. The maximum atomic E-state index is 13.3. The first-order chi connectivity index (χ1) is 16.7. The highest BCUT2D eigenvalue weighted by atomic mass is 35.5. The van der Waals surface area contributed by atoms with Crippen LogP contribution in [0.2, 0.25) is 5.02 Å². The average Bonchev–Trinajstić information content (AvgIpc) is 3.24. The molecule has 0 radical (unpaired) electrons. The quantitative estimate of drug-likeness (QED) is 0.564. The largest absolute Gasteiger partial charge is 0.459 e. The number of furan rings is 1. The summed E-state index contributed by atoms with van der Waals surface area (Å²) in [4.78, 5) is 39.3. The van der Waals surface area contributed by atoms with Crippen LogP contribution in [-0.4, -0.2) is 41.9 Å². The lowest BCUT2D eigenvalue weighted by molar-refractivity contribution is -0.178. The van der Waals surface area contributed by atoms with Crippen LogP contribution in [0.25, 0.3) is 11.3 Å². The summed E-state index contributed by atoms with van der Waals surface area (Å²) in [6, 6.07) is 11.0. The van der Waals surface area contributed by atoms with Crippen LogP contribution in [0.1, 0.15) is 51.2 Å². The third-order valence-electron chi connectivity index (χ3n) is 7.87. The number of esters is 1. The van der Waals surface area contributed by atoms with E-state index in [2.05, 4.69) is 5.32 Å². The Morgan fingerprint density at radius 1 is 1.09 bits per heavy atom. The molecule has 7 nitrogen and oxygen atoms in total. The highest BCUT2D eigenvalue weighted by molar-refractivity contribution is 6.30. The van der Waals surface area contributed by atoms with Crippen molar-refractivity contribution in [2.24, 2.45) is 17.3 Å². The Balaban J connectivity index is 1.18. The van der Waals surface area contributed by atoms with Crippen LogP contribution in [0.5, 0.6) is 0 Å². The second kappa shape index (κ2) is 9.01. The van der Waals surface area contributed by atoms with Crippen molar-refractivity contribution >= 4 is 29.4 Å². The van der Waals surface area contributed by atoms with Gasteiger partial charge >= 0.3 is 5.97 Å². The molecule has 1 aromatic carbocycles. The summed E-state index contributed by atoms with van der Waals surface area (Å²) in [6.45, 7) is 1.50. The smallest absolute Gasteiger partial charge is 0.312 e. The number of rotatable bonds is 7. The van der Waals surface area contributed by atoms with E-state index < -0.39 is 5.41 Å². The summed E-state index contributed by atoms with van der Waals surface area (Å²) < 4.78 is 11.5. The summed E-state index contributed by atoms with van der Waals surface area (Å²) in [5, 5.41) is 3.81. The van der Waals surface area contributed by atoms with Gasteiger partial charge < -0.3 is 19.4 Å². The van der Waals surface area contributed by atoms with Gasteiger partial charge in [-0.3, -0.25) is 14.4 Å². The van der Waals surface area contributed by atoms with Crippen molar-refractivity contribution in [2.75, 3.05) is 13.7 Å². The molecule has 35 heavy (non-hydrogen) atoms. The number of carbonyl (C=O) groups is 3. The Hall–Kier alpha value is -2.80. The van der Waals surface area contributed by atoms with Crippen molar-refractivity contribution in [2.45, 2.75) is 57.5 Å². The zero-order valence-electron chi connectivity index (χ0n) is 20.1. The van der Waals surface area contributed by atoms with Crippen molar-refractivity contribution in [3.05, 3.63) is 47.2 Å². The molecule has 1 aromatic heterocycles. The molecule has 186 valence electrons. The number of nitrogens with one attached hydrogen (secondary N) is 1. The van der Waals surface area contributed by atoms with Gasteiger partial charge in [0.2, 0.25) is 5.91 Å². The first-order valence-electron chi connectivity index (χ1n) is 12.2. The minimum absolute atomic E-state index is 0.0515. The number of hydrogen-bond donors (Lipinski definition) is 1. The van der Waals surface area contributed by atoms with Crippen molar-refractivity contribution in [1.82, 2.24) is 10.2 Å². The fourth-order valence-corrected chi connectivity index (χ4v) is 7.09. The molecule has 1 N–H and O–H groups in total. The van der Waals surface area contributed by atoms with Crippen LogP contribution >= 0.6 is 11.6 Å². The number of hydrogen-bond acceptors (Lipinski definition) is 5. The molecule has 4 saturated carbocycles. The molecule has 0 spiro atoms. The lowest BCUT2D eigenvalue weighted by atomic mass is 9.47. The summed E-state index contributed by atoms with van der Waals surface area (Å²) in [7, 11) is 1.66. The van der Waals surface area contributed by atoms with Crippen LogP contribution < -0.4 is 5.32 Å². The number of nitrogens with zero attached hydrogens (tertiary/aromatic N) is 1. The summed E-state index contributed by atoms with van der Waals surface area (Å²) in [5.74, 6) is 1.53. The Kier molecular flexibility index (Phi) is 6.16. The third-order valence-corrected chi connectivity index (χ3v) is 8.12. The van der Waals surface area contributed by atoms with Crippen molar-refractivity contribution in [1.29, 1.82) is 0 Å². The Morgan fingerprint density at radius 2 is 1.77 bits per heavy atom. The van der Waals surface area contributed by atoms with Gasteiger partial charge in [0.25, 0.3) is 5.91 Å². The topological polar surface area (TPSA) is 88.8 Å². The van der Waals surface area contributed by atoms with E-state index in [1.807, 2.05) is 24.3 Å². The number of ether oxygens (including phenoxy) is 1. The van der Waals surface area contributed by atoms with E-state index in [9.17, 15) is 14.4 Å². The number of likely N-dealkylation sites (N-methyl/N-ethyl adjacent to an activating group) is 1. The Morgan fingerprint density at radius 3 is 2.43 bits per heavy atom. The van der Waals surface area contributed by atoms with Crippen molar-refractivity contribution in [3.63, 3.8) is 0 Å². The van der Waals surface area contributed by atoms with E-state index in [4.69, 9.17) is 20.8 Å². The first-order valence-corrected chi connectivity index (χ1v) is 12.6. The van der Waals surface area contributed by atoms with Crippen molar-refractivity contribution < 1.29 is 23.5 Å². The molecule has 4 aliphatic rings. The lowest BCUT2D eigenvalue weighted by Gasteiger charge is -2.60. The van der Waals surface area contributed by atoms with E-state index in [1.54, 1.807) is 19.2 Å². The summed E-state index contributed by atoms with van der Waals surface area (Å²) >= 11 is 5.95. The molecule has 1 heterocycles. The molecule has 4 aliphatic carbocycles. The van der Waals surface area contributed by atoms with E-state index >= 15 is 0 Å². The second-order valence-corrected chi connectivity index (χ2v) is 11.2. The highest BCUT2D eigenvalue weighted by Gasteiger charge is 2.61. The lowest BCUT2D eigenvalue weighted by Crippen LogP contribution is -2.64. The normalized spacial score (nSPS) is 28.5. The fourth-order valence-electron chi connectivity index (χ4n) is 6.97. The molecule has 4 fully saturated rings. The molecule has 8 heteroatoms. The van der Waals surface area contributed by atoms with E-state index in [0.29, 0.717) is 34.8 Å². The predicted molar refractivity (Wildman–Crippen MR) is 130 cm³/mol. The van der Waals surface area contributed by atoms with Crippen LogP contribution in [-0.2, 0) is 25.7 Å².